The van der Waals surface area contributed by atoms with E-state index >= 15 is 0 Å². The minimum Gasteiger partial charge on any atom is -0.457 e. The number of benzene rings is 2. The maximum absolute atomic E-state index is 12.5. The van der Waals surface area contributed by atoms with E-state index in [1.807, 2.05) is 37.3 Å². The van der Waals surface area contributed by atoms with E-state index in [2.05, 4.69) is 27.2 Å². The van der Waals surface area contributed by atoms with Crippen LogP contribution in [-0.2, 0) is 0 Å². The largest absolute Gasteiger partial charge is 0.457 e. The van der Waals surface area contributed by atoms with Crippen LogP contribution in [0.5, 0.6) is 11.5 Å². The number of hydrogen-bond acceptors (Lipinski definition) is 5. The molecule has 0 saturated heterocycles. The Morgan fingerprint density at radius 1 is 1.07 bits per heavy atom. The van der Waals surface area contributed by atoms with Crippen molar-refractivity contribution in [3.05, 3.63) is 84.7 Å². The van der Waals surface area contributed by atoms with Crippen LogP contribution in [0.2, 0.25) is 0 Å². The number of ether oxygens (including phenoxy) is 1. The summed E-state index contributed by atoms with van der Waals surface area (Å²) in [6, 6.07) is 18.3. The predicted octanol–water partition coefficient (Wildman–Crippen LogP) is 4.43. The van der Waals surface area contributed by atoms with Crippen molar-refractivity contribution in [3.8, 4) is 11.5 Å². The average molecular weight is 360 g/mol. The van der Waals surface area contributed by atoms with Crippen molar-refractivity contribution in [1.29, 1.82) is 0 Å². The molecule has 0 atom stereocenters. The summed E-state index contributed by atoms with van der Waals surface area (Å²) < 4.78 is 5.74. The summed E-state index contributed by atoms with van der Waals surface area (Å²) in [6.45, 7) is 5.97. The highest BCUT2D eigenvalue weighted by Crippen LogP contribution is 2.22. The van der Waals surface area contributed by atoms with Crippen LogP contribution in [-0.4, -0.2) is 22.4 Å². The molecule has 1 aromatic heterocycles. The first-order valence-electron chi connectivity index (χ1n) is 8.49. The smallest absolute Gasteiger partial charge is 0.274 e. The SMILES string of the molecule is C=CCNc1nc(C)cc(C(=O)Nc2ccc(Oc3ccccc3)cc2)n1. The maximum Gasteiger partial charge on any atom is 0.274 e. The second-order valence-electron chi connectivity index (χ2n) is 5.78. The Kier molecular flexibility index (Phi) is 5.79. The molecule has 1 amide bonds. The summed E-state index contributed by atoms with van der Waals surface area (Å²) in [5.41, 5.74) is 1.64. The quantitative estimate of drug-likeness (QED) is 0.610. The van der Waals surface area contributed by atoms with Gasteiger partial charge < -0.3 is 15.4 Å². The van der Waals surface area contributed by atoms with Gasteiger partial charge in [0, 0.05) is 17.9 Å². The van der Waals surface area contributed by atoms with Gasteiger partial charge in [-0.05, 0) is 49.4 Å². The van der Waals surface area contributed by atoms with Crippen LogP contribution in [0, 0.1) is 6.92 Å². The minimum atomic E-state index is -0.307. The molecular weight excluding hydrogens is 340 g/mol. The summed E-state index contributed by atoms with van der Waals surface area (Å²) >= 11 is 0. The van der Waals surface area contributed by atoms with Gasteiger partial charge in [0.25, 0.3) is 5.91 Å². The lowest BCUT2D eigenvalue weighted by atomic mass is 10.2. The second kappa shape index (κ2) is 8.62. The van der Waals surface area contributed by atoms with Crippen LogP contribution in [0.4, 0.5) is 11.6 Å². The van der Waals surface area contributed by atoms with Crippen LogP contribution in [0.15, 0.2) is 73.3 Å². The fourth-order valence-electron chi connectivity index (χ4n) is 2.35. The highest BCUT2D eigenvalue weighted by molar-refractivity contribution is 6.03. The zero-order valence-electron chi connectivity index (χ0n) is 15.0. The summed E-state index contributed by atoms with van der Waals surface area (Å²) in [5.74, 6) is 1.53. The van der Waals surface area contributed by atoms with Gasteiger partial charge in [-0.15, -0.1) is 6.58 Å². The van der Waals surface area contributed by atoms with E-state index in [0.29, 0.717) is 35.3 Å². The number of aryl methyl sites for hydroxylation is 1. The van der Waals surface area contributed by atoms with E-state index in [1.54, 1.807) is 36.4 Å². The molecule has 136 valence electrons. The van der Waals surface area contributed by atoms with Gasteiger partial charge >= 0.3 is 0 Å². The van der Waals surface area contributed by atoms with E-state index in [-0.39, 0.29) is 5.91 Å². The number of carbonyl (C=O) groups is 1. The molecule has 0 saturated carbocycles. The predicted molar refractivity (Wildman–Crippen MR) is 106 cm³/mol. The first-order valence-corrected chi connectivity index (χ1v) is 8.49. The fraction of sp³-hybridized carbons (Fsp3) is 0.0952. The molecular formula is C21H20N4O2. The standard InChI is InChI=1S/C21H20N4O2/c1-3-13-22-21-23-15(2)14-19(25-21)20(26)24-16-9-11-18(12-10-16)27-17-7-5-4-6-8-17/h3-12,14H,1,13H2,2H3,(H,24,26)(H,22,23,25). The molecule has 6 heteroatoms. The molecule has 2 aromatic carbocycles. The molecule has 2 N–H and O–H groups in total. The molecule has 3 rings (SSSR count). The molecule has 0 aliphatic rings. The highest BCUT2D eigenvalue weighted by Gasteiger charge is 2.11. The monoisotopic (exact) mass is 360 g/mol. The van der Waals surface area contributed by atoms with Gasteiger partial charge in [0.2, 0.25) is 5.95 Å². The molecule has 0 aliphatic heterocycles. The fourth-order valence-corrected chi connectivity index (χ4v) is 2.35. The van der Waals surface area contributed by atoms with E-state index < -0.39 is 0 Å². The first-order chi connectivity index (χ1) is 13.1. The number of nitrogens with one attached hydrogen (secondary N) is 2. The molecule has 0 spiro atoms. The van der Waals surface area contributed by atoms with Gasteiger partial charge in [0.15, 0.2) is 0 Å². The number of anilines is 2. The zero-order chi connectivity index (χ0) is 19.1. The molecule has 0 bridgehead atoms. The molecule has 3 aromatic rings. The number of hydrogen-bond donors (Lipinski definition) is 2. The maximum atomic E-state index is 12.5. The molecule has 27 heavy (non-hydrogen) atoms. The Balaban J connectivity index is 1.67. The Hall–Kier alpha value is -3.67. The molecule has 0 unspecified atom stereocenters. The van der Waals surface area contributed by atoms with Crippen LogP contribution in [0.3, 0.4) is 0 Å². The number of amides is 1. The van der Waals surface area contributed by atoms with Crippen molar-refractivity contribution in [2.75, 3.05) is 17.2 Å². The van der Waals surface area contributed by atoms with Crippen molar-refractivity contribution in [1.82, 2.24) is 9.97 Å². The number of rotatable bonds is 7. The lowest BCUT2D eigenvalue weighted by molar-refractivity contribution is 0.102. The average Bonchev–Trinajstić information content (AvgIpc) is 2.68. The number of aromatic nitrogens is 2. The van der Waals surface area contributed by atoms with E-state index in [9.17, 15) is 4.79 Å². The van der Waals surface area contributed by atoms with E-state index in [0.717, 1.165) is 5.75 Å². The van der Waals surface area contributed by atoms with Crippen molar-refractivity contribution >= 4 is 17.5 Å². The van der Waals surface area contributed by atoms with Gasteiger partial charge in [0.1, 0.15) is 17.2 Å². The Morgan fingerprint density at radius 3 is 2.48 bits per heavy atom. The Labute approximate surface area is 157 Å². The first kappa shape index (κ1) is 18.1. The van der Waals surface area contributed by atoms with Crippen LogP contribution < -0.4 is 15.4 Å². The topological polar surface area (TPSA) is 76.1 Å². The highest BCUT2D eigenvalue weighted by atomic mass is 16.5. The number of nitrogens with zero attached hydrogens (tertiary/aromatic N) is 2. The summed E-state index contributed by atoms with van der Waals surface area (Å²) in [4.78, 5) is 21.0. The summed E-state index contributed by atoms with van der Waals surface area (Å²) in [5, 5.41) is 5.82. The number of para-hydroxylation sites is 1. The lowest BCUT2D eigenvalue weighted by Crippen LogP contribution is -2.16. The van der Waals surface area contributed by atoms with Crippen molar-refractivity contribution in [3.63, 3.8) is 0 Å². The third-order valence-corrected chi connectivity index (χ3v) is 3.58. The van der Waals surface area contributed by atoms with Crippen LogP contribution in [0.25, 0.3) is 0 Å². The molecule has 1 heterocycles. The summed E-state index contributed by atoms with van der Waals surface area (Å²) in [7, 11) is 0. The lowest BCUT2D eigenvalue weighted by Gasteiger charge is -2.09. The van der Waals surface area contributed by atoms with Crippen molar-refractivity contribution < 1.29 is 9.53 Å². The van der Waals surface area contributed by atoms with Crippen molar-refractivity contribution in [2.45, 2.75) is 6.92 Å². The van der Waals surface area contributed by atoms with Crippen molar-refractivity contribution in [2.24, 2.45) is 0 Å². The molecule has 0 aliphatic carbocycles. The van der Waals surface area contributed by atoms with Gasteiger partial charge in [-0.3, -0.25) is 4.79 Å². The Bertz CT molecular complexity index is 925. The minimum absolute atomic E-state index is 0.290. The molecule has 6 nitrogen and oxygen atoms in total. The molecule has 0 fully saturated rings. The Morgan fingerprint density at radius 2 is 1.78 bits per heavy atom. The third kappa shape index (κ3) is 5.15. The van der Waals surface area contributed by atoms with E-state index in [1.165, 1.54) is 0 Å². The van der Waals surface area contributed by atoms with Gasteiger partial charge in [-0.25, -0.2) is 9.97 Å². The normalized spacial score (nSPS) is 10.1. The van der Waals surface area contributed by atoms with E-state index in [4.69, 9.17) is 4.74 Å². The van der Waals surface area contributed by atoms with Gasteiger partial charge in [0.05, 0.1) is 0 Å². The molecule has 0 radical (unpaired) electrons. The van der Waals surface area contributed by atoms with Gasteiger partial charge in [-0.1, -0.05) is 24.3 Å². The number of carbonyl (C=O) groups excluding carboxylic acids is 1. The van der Waals surface area contributed by atoms with Crippen LogP contribution >= 0.6 is 0 Å². The zero-order valence-corrected chi connectivity index (χ0v) is 15.0. The van der Waals surface area contributed by atoms with Crippen LogP contribution in [0.1, 0.15) is 16.2 Å². The second-order valence-corrected chi connectivity index (χ2v) is 5.78. The third-order valence-electron chi connectivity index (χ3n) is 3.58. The van der Waals surface area contributed by atoms with Gasteiger partial charge in [-0.2, -0.15) is 0 Å². The summed E-state index contributed by atoms with van der Waals surface area (Å²) in [6.07, 6.45) is 1.70.